The first-order chi connectivity index (χ1) is 11.0. The van der Waals surface area contributed by atoms with Gasteiger partial charge in [0.25, 0.3) is 0 Å². The molecule has 3 nitrogen and oxygen atoms in total. The highest BCUT2D eigenvalue weighted by atomic mass is 35.5. The van der Waals surface area contributed by atoms with Gasteiger partial charge in [0.15, 0.2) is 0 Å². The van der Waals surface area contributed by atoms with Crippen molar-refractivity contribution in [3.05, 3.63) is 29.0 Å². The first-order valence-corrected chi connectivity index (χ1v) is 6.15. The van der Waals surface area contributed by atoms with E-state index in [1.807, 2.05) is 0 Å². The van der Waals surface area contributed by atoms with E-state index < -0.39 is 46.6 Å². The minimum Gasteiger partial charge on any atom is -0.308 e. The number of nitrogens with one attached hydrogen (secondary N) is 2. The second-order valence-electron chi connectivity index (χ2n) is 4.45. The van der Waals surface area contributed by atoms with Gasteiger partial charge < -0.3 is 10.6 Å². The summed E-state index contributed by atoms with van der Waals surface area (Å²) in [6, 6.07) is -0.707. The molecule has 0 aliphatic heterocycles. The topological polar surface area (TPSA) is 41.1 Å². The smallest absolute Gasteiger partial charge is 0.308 e. The molecule has 0 heterocycles. The number of rotatable bonds is 2. The summed E-state index contributed by atoms with van der Waals surface area (Å²) in [5, 5.41) is 0.463. The van der Waals surface area contributed by atoms with Crippen molar-refractivity contribution in [1.82, 2.24) is 5.32 Å². The molecular formula is C11H5ClF10N2O. The third-order valence-electron chi connectivity index (χ3n) is 2.75. The predicted molar refractivity (Wildman–Crippen MR) is 64.5 cm³/mol. The third kappa shape index (κ3) is 4.02. The molecule has 0 spiro atoms. The fraction of sp³-hybridized carbons (Fsp3) is 0.364. The van der Waals surface area contributed by atoms with Crippen LogP contribution in [0.25, 0.3) is 0 Å². The van der Waals surface area contributed by atoms with Gasteiger partial charge in [0.05, 0.1) is 5.02 Å². The van der Waals surface area contributed by atoms with Gasteiger partial charge in [-0.25, -0.2) is 9.18 Å². The van der Waals surface area contributed by atoms with Crippen molar-refractivity contribution in [3.8, 4) is 0 Å². The van der Waals surface area contributed by atoms with E-state index in [2.05, 4.69) is 0 Å². The lowest BCUT2D eigenvalue weighted by molar-refractivity contribution is -0.386. The van der Waals surface area contributed by atoms with Gasteiger partial charge in [-0.05, 0) is 18.2 Å². The summed E-state index contributed by atoms with van der Waals surface area (Å²) >= 11 is 5.26. The highest BCUT2D eigenvalue weighted by Crippen LogP contribution is 2.52. The Balaban J connectivity index is 3.26. The van der Waals surface area contributed by atoms with Crippen LogP contribution < -0.4 is 10.6 Å². The molecule has 0 bridgehead atoms. The summed E-state index contributed by atoms with van der Waals surface area (Å²) in [6.45, 7) is 0. The van der Waals surface area contributed by atoms with Crippen LogP contribution in [0.2, 0.25) is 5.02 Å². The molecule has 0 fully saturated rings. The lowest BCUT2D eigenvalue weighted by Crippen LogP contribution is -2.75. The molecule has 0 saturated heterocycles. The van der Waals surface area contributed by atoms with Crippen LogP contribution in [-0.4, -0.2) is 30.1 Å². The molecule has 2 N–H and O–H groups in total. The molecule has 1 rings (SSSR count). The van der Waals surface area contributed by atoms with E-state index in [9.17, 15) is 48.7 Å². The number of halogens is 11. The average molecular weight is 407 g/mol. The summed E-state index contributed by atoms with van der Waals surface area (Å²) in [5.41, 5.74) is -7.16. The van der Waals surface area contributed by atoms with Crippen LogP contribution >= 0.6 is 11.6 Å². The monoisotopic (exact) mass is 406 g/mol. The molecule has 142 valence electrons. The lowest BCUT2D eigenvalue weighted by atomic mass is 9.97. The first-order valence-electron chi connectivity index (χ1n) is 5.77. The summed E-state index contributed by atoms with van der Waals surface area (Å²) in [6.07, 6.45) is -20.9. The predicted octanol–water partition coefficient (Wildman–Crippen LogP) is 5.03. The number of benzene rings is 1. The Labute approximate surface area is 136 Å². The normalized spacial score (nSPS) is 13.6. The van der Waals surface area contributed by atoms with Gasteiger partial charge in [-0.1, -0.05) is 11.6 Å². The Morgan fingerprint density at radius 3 is 1.68 bits per heavy atom. The molecule has 0 aliphatic carbocycles. The Bertz CT molecular complexity index is 616. The van der Waals surface area contributed by atoms with Crippen molar-refractivity contribution in [1.29, 1.82) is 0 Å². The van der Waals surface area contributed by atoms with E-state index in [0.29, 0.717) is 18.2 Å². The van der Waals surface area contributed by atoms with Crippen molar-refractivity contribution in [3.63, 3.8) is 0 Å². The molecular weight excluding hydrogens is 402 g/mol. The summed E-state index contributed by atoms with van der Waals surface area (Å²) < 4.78 is 127. The molecule has 25 heavy (non-hydrogen) atoms. The van der Waals surface area contributed by atoms with Gasteiger partial charge in [-0.15, -0.1) is 0 Å². The van der Waals surface area contributed by atoms with E-state index in [1.165, 1.54) is 5.32 Å². The van der Waals surface area contributed by atoms with Crippen LogP contribution in [0.15, 0.2) is 18.2 Å². The van der Waals surface area contributed by atoms with Crippen molar-refractivity contribution in [2.24, 2.45) is 0 Å². The second-order valence-corrected chi connectivity index (χ2v) is 4.86. The van der Waals surface area contributed by atoms with Crippen molar-refractivity contribution < 1.29 is 48.7 Å². The maximum absolute atomic E-state index is 12.9. The van der Waals surface area contributed by atoms with Crippen LogP contribution in [0.3, 0.4) is 0 Å². The minimum absolute atomic E-state index is 0.129. The molecule has 1 aromatic rings. The molecule has 0 unspecified atom stereocenters. The SMILES string of the molecule is O=C(Nc1ccc(F)c(Cl)c1)NC(C(F)(F)F)(C(F)(F)F)C(F)(F)F. The zero-order chi connectivity index (χ0) is 19.8. The quantitative estimate of drug-likeness (QED) is 0.665. The Kier molecular flexibility index (Phi) is 5.43. The molecule has 2 amide bonds. The maximum Gasteiger partial charge on any atom is 0.429 e. The number of hydrogen-bond donors (Lipinski definition) is 2. The molecule has 0 saturated carbocycles. The largest absolute Gasteiger partial charge is 0.429 e. The van der Waals surface area contributed by atoms with Crippen molar-refractivity contribution in [2.75, 3.05) is 5.32 Å². The van der Waals surface area contributed by atoms with Crippen molar-refractivity contribution in [2.45, 2.75) is 24.1 Å². The van der Waals surface area contributed by atoms with E-state index in [1.54, 1.807) is 0 Å². The summed E-state index contributed by atoms with van der Waals surface area (Å²) in [4.78, 5) is 11.3. The fourth-order valence-electron chi connectivity index (χ4n) is 1.60. The number of amides is 2. The summed E-state index contributed by atoms with van der Waals surface area (Å²) in [5.74, 6) is -1.05. The fourth-order valence-corrected chi connectivity index (χ4v) is 1.78. The number of carbonyl (C=O) groups is 1. The molecule has 1 aromatic carbocycles. The van der Waals surface area contributed by atoms with Crippen LogP contribution in [0.5, 0.6) is 0 Å². The second kappa shape index (κ2) is 6.42. The molecule has 0 radical (unpaired) electrons. The van der Waals surface area contributed by atoms with Crippen LogP contribution in [-0.2, 0) is 0 Å². The minimum atomic E-state index is -6.96. The van der Waals surface area contributed by atoms with Gasteiger partial charge >= 0.3 is 30.1 Å². The van der Waals surface area contributed by atoms with Gasteiger partial charge in [0, 0.05) is 5.69 Å². The zero-order valence-electron chi connectivity index (χ0n) is 11.3. The lowest BCUT2D eigenvalue weighted by Gasteiger charge is -2.38. The molecule has 0 aliphatic rings. The highest BCUT2D eigenvalue weighted by Gasteiger charge is 2.84. The average Bonchev–Trinajstić information content (AvgIpc) is 2.36. The first kappa shape index (κ1) is 21.1. The number of hydrogen-bond acceptors (Lipinski definition) is 1. The number of anilines is 1. The standard InChI is InChI=1S/C11H5ClF10N2O/c12-5-3-4(1-2-6(5)13)23-7(25)24-8(9(14,15)16,10(17,18)19)11(20,21)22/h1-3H,(H2,23,24,25). The maximum atomic E-state index is 12.9. The molecule has 14 heteroatoms. The number of urea groups is 1. The summed E-state index contributed by atoms with van der Waals surface area (Å²) in [7, 11) is 0. The van der Waals surface area contributed by atoms with Gasteiger partial charge in [-0.3, -0.25) is 0 Å². The van der Waals surface area contributed by atoms with E-state index >= 15 is 0 Å². The third-order valence-corrected chi connectivity index (χ3v) is 3.04. The van der Waals surface area contributed by atoms with Crippen LogP contribution in [0.4, 0.5) is 54.4 Å². The molecule has 0 aromatic heterocycles. The van der Waals surface area contributed by atoms with Gasteiger partial charge in [0.1, 0.15) is 5.82 Å². The Hall–Kier alpha value is -1.92. The Morgan fingerprint density at radius 2 is 1.32 bits per heavy atom. The number of alkyl halides is 9. The van der Waals surface area contributed by atoms with E-state index in [-0.39, 0.29) is 5.32 Å². The van der Waals surface area contributed by atoms with Gasteiger partial charge in [-0.2, -0.15) is 39.5 Å². The highest BCUT2D eigenvalue weighted by molar-refractivity contribution is 6.31. The molecule has 0 atom stereocenters. The Morgan fingerprint density at radius 1 is 0.880 bits per heavy atom. The van der Waals surface area contributed by atoms with E-state index in [0.717, 1.165) is 0 Å². The van der Waals surface area contributed by atoms with E-state index in [4.69, 9.17) is 11.6 Å². The van der Waals surface area contributed by atoms with Gasteiger partial charge in [0.2, 0.25) is 0 Å². The number of carbonyl (C=O) groups excluding carboxylic acids is 1. The van der Waals surface area contributed by atoms with Crippen LogP contribution in [0, 0.1) is 5.82 Å². The van der Waals surface area contributed by atoms with Crippen molar-refractivity contribution >= 4 is 23.3 Å². The van der Waals surface area contributed by atoms with Crippen LogP contribution in [0.1, 0.15) is 0 Å². The zero-order valence-corrected chi connectivity index (χ0v) is 12.1.